The number of nitrogens with one attached hydrogen (secondary N) is 2. The first-order chi connectivity index (χ1) is 11.0. The maximum atomic E-state index is 12.5. The number of nitrogens with zero attached hydrogens (tertiary/aromatic N) is 1. The van der Waals surface area contributed by atoms with Crippen molar-refractivity contribution in [3.05, 3.63) is 53.3 Å². The highest BCUT2D eigenvalue weighted by molar-refractivity contribution is 6.04. The Bertz CT molecular complexity index is 682. The number of amides is 1. The van der Waals surface area contributed by atoms with Gasteiger partial charge in [0.05, 0.1) is 0 Å². The van der Waals surface area contributed by atoms with Crippen LogP contribution >= 0.6 is 0 Å². The minimum Gasteiger partial charge on any atom is -0.382 e. The van der Waals surface area contributed by atoms with Crippen LogP contribution in [0.2, 0.25) is 0 Å². The fraction of sp³-hybridized carbons (Fsp3) is 0.368. The first kappa shape index (κ1) is 17.0. The second kappa shape index (κ2) is 7.77. The SMILES string of the molecule is CCc1cccc(C)c1NC(=O)c1cc(NC(C)CC)ccn1. The van der Waals surface area contributed by atoms with Crippen molar-refractivity contribution >= 4 is 17.3 Å². The molecule has 0 aliphatic heterocycles. The summed E-state index contributed by atoms with van der Waals surface area (Å²) in [5.74, 6) is -0.179. The smallest absolute Gasteiger partial charge is 0.274 e. The molecule has 1 aromatic carbocycles. The first-order valence-corrected chi connectivity index (χ1v) is 8.17. The third-order valence-electron chi connectivity index (χ3n) is 4.00. The van der Waals surface area contributed by atoms with Crippen LogP contribution in [0.15, 0.2) is 36.5 Å². The molecule has 4 nitrogen and oxygen atoms in total. The molecule has 0 fully saturated rings. The Morgan fingerprint density at radius 2 is 2.04 bits per heavy atom. The molecule has 1 amide bonds. The number of benzene rings is 1. The number of aryl methyl sites for hydroxylation is 2. The van der Waals surface area contributed by atoms with Crippen LogP contribution in [-0.2, 0) is 6.42 Å². The van der Waals surface area contributed by atoms with Gasteiger partial charge in [-0.05, 0) is 49.9 Å². The normalized spacial score (nSPS) is 11.8. The quantitative estimate of drug-likeness (QED) is 0.830. The summed E-state index contributed by atoms with van der Waals surface area (Å²) in [6.07, 6.45) is 3.56. The van der Waals surface area contributed by atoms with E-state index in [4.69, 9.17) is 0 Å². The molecular formula is C19H25N3O. The predicted molar refractivity (Wildman–Crippen MR) is 96.1 cm³/mol. The number of para-hydroxylation sites is 1. The monoisotopic (exact) mass is 311 g/mol. The predicted octanol–water partition coefficient (Wildman–Crippen LogP) is 4.42. The van der Waals surface area contributed by atoms with Crippen LogP contribution in [0, 0.1) is 6.92 Å². The Balaban J connectivity index is 2.20. The van der Waals surface area contributed by atoms with Gasteiger partial charge in [0.2, 0.25) is 0 Å². The molecule has 2 aromatic rings. The van der Waals surface area contributed by atoms with Gasteiger partial charge >= 0.3 is 0 Å². The maximum absolute atomic E-state index is 12.5. The Morgan fingerprint density at radius 1 is 1.26 bits per heavy atom. The van der Waals surface area contributed by atoms with Crippen molar-refractivity contribution < 1.29 is 4.79 Å². The molecule has 0 bridgehead atoms. The van der Waals surface area contributed by atoms with Crippen molar-refractivity contribution in [1.29, 1.82) is 0 Å². The van der Waals surface area contributed by atoms with E-state index in [1.54, 1.807) is 12.3 Å². The molecule has 1 atom stereocenters. The molecule has 23 heavy (non-hydrogen) atoms. The number of rotatable bonds is 6. The van der Waals surface area contributed by atoms with Crippen LogP contribution in [0.25, 0.3) is 0 Å². The fourth-order valence-electron chi connectivity index (χ4n) is 2.41. The van der Waals surface area contributed by atoms with E-state index in [-0.39, 0.29) is 5.91 Å². The van der Waals surface area contributed by atoms with Crippen LogP contribution in [0.5, 0.6) is 0 Å². The van der Waals surface area contributed by atoms with Gasteiger partial charge in [-0.3, -0.25) is 9.78 Å². The summed E-state index contributed by atoms with van der Waals surface area (Å²) in [6.45, 7) is 8.32. The van der Waals surface area contributed by atoms with E-state index in [9.17, 15) is 4.79 Å². The first-order valence-electron chi connectivity index (χ1n) is 8.17. The summed E-state index contributed by atoms with van der Waals surface area (Å²) in [5, 5.41) is 6.38. The summed E-state index contributed by atoms with van der Waals surface area (Å²) in [4.78, 5) is 16.7. The average Bonchev–Trinajstić information content (AvgIpc) is 2.56. The van der Waals surface area contributed by atoms with Crippen molar-refractivity contribution in [1.82, 2.24) is 4.98 Å². The lowest BCUT2D eigenvalue weighted by atomic mass is 10.1. The van der Waals surface area contributed by atoms with Gasteiger partial charge in [-0.15, -0.1) is 0 Å². The van der Waals surface area contributed by atoms with Gasteiger partial charge in [0, 0.05) is 23.6 Å². The Kier molecular flexibility index (Phi) is 5.74. The summed E-state index contributed by atoms with van der Waals surface area (Å²) < 4.78 is 0. The molecule has 0 saturated carbocycles. The zero-order valence-corrected chi connectivity index (χ0v) is 14.3. The molecule has 1 aromatic heterocycles. The van der Waals surface area contributed by atoms with Crippen molar-refractivity contribution in [2.75, 3.05) is 10.6 Å². The van der Waals surface area contributed by atoms with Crippen molar-refractivity contribution in [2.24, 2.45) is 0 Å². The Hall–Kier alpha value is -2.36. The zero-order valence-electron chi connectivity index (χ0n) is 14.3. The highest BCUT2D eigenvalue weighted by Gasteiger charge is 2.12. The molecule has 1 unspecified atom stereocenters. The molecule has 2 rings (SSSR count). The van der Waals surface area contributed by atoms with Crippen molar-refractivity contribution in [3.63, 3.8) is 0 Å². The van der Waals surface area contributed by atoms with E-state index in [1.165, 1.54) is 0 Å². The van der Waals surface area contributed by atoms with Crippen molar-refractivity contribution in [3.8, 4) is 0 Å². The van der Waals surface area contributed by atoms with Gasteiger partial charge in [-0.2, -0.15) is 0 Å². The van der Waals surface area contributed by atoms with Gasteiger partial charge in [-0.25, -0.2) is 0 Å². The number of carbonyl (C=O) groups excluding carboxylic acids is 1. The molecule has 0 radical (unpaired) electrons. The standard InChI is InChI=1S/C19H25N3O/c1-5-14(4)21-16-10-11-20-17(12-16)19(23)22-18-13(3)8-7-9-15(18)6-2/h7-12,14H,5-6H2,1-4H3,(H,20,21)(H,22,23). The van der Waals surface area contributed by atoms with Gasteiger partial charge in [0.15, 0.2) is 0 Å². The van der Waals surface area contributed by atoms with E-state index >= 15 is 0 Å². The van der Waals surface area contributed by atoms with Crippen LogP contribution in [-0.4, -0.2) is 16.9 Å². The van der Waals surface area contributed by atoms with E-state index < -0.39 is 0 Å². The van der Waals surface area contributed by atoms with E-state index in [1.807, 2.05) is 31.2 Å². The molecule has 0 aliphatic carbocycles. The number of aromatic nitrogens is 1. The minimum absolute atomic E-state index is 0.179. The molecule has 2 N–H and O–H groups in total. The summed E-state index contributed by atoms with van der Waals surface area (Å²) >= 11 is 0. The molecular weight excluding hydrogens is 286 g/mol. The largest absolute Gasteiger partial charge is 0.382 e. The van der Waals surface area contributed by atoms with E-state index in [0.29, 0.717) is 11.7 Å². The van der Waals surface area contributed by atoms with Crippen LogP contribution in [0.3, 0.4) is 0 Å². The molecule has 4 heteroatoms. The van der Waals surface area contributed by atoms with Gasteiger partial charge < -0.3 is 10.6 Å². The van der Waals surface area contributed by atoms with E-state index in [2.05, 4.69) is 36.4 Å². The second-order valence-electron chi connectivity index (χ2n) is 5.80. The van der Waals surface area contributed by atoms with Crippen LogP contribution in [0.1, 0.15) is 48.8 Å². The number of carbonyl (C=O) groups is 1. The lowest BCUT2D eigenvalue weighted by molar-refractivity contribution is 0.102. The van der Waals surface area contributed by atoms with Gasteiger partial charge in [-0.1, -0.05) is 32.0 Å². The zero-order chi connectivity index (χ0) is 16.8. The van der Waals surface area contributed by atoms with Gasteiger partial charge in [0.1, 0.15) is 5.69 Å². The summed E-state index contributed by atoms with van der Waals surface area (Å²) in [5.41, 5.74) is 4.42. The highest BCUT2D eigenvalue weighted by atomic mass is 16.1. The third kappa shape index (κ3) is 4.31. The molecule has 122 valence electrons. The number of anilines is 2. The molecule has 1 heterocycles. The summed E-state index contributed by atoms with van der Waals surface area (Å²) in [7, 11) is 0. The third-order valence-corrected chi connectivity index (χ3v) is 4.00. The van der Waals surface area contributed by atoms with Crippen LogP contribution < -0.4 is 10.6 Å². The highest BCUT2D eigenvalue weighted by Crippen LogP contribution is 2.22. The summed E-state index contributed by atoms with van der Waals surface area (Å²) in [6, 6.07) is 10.1. The second-order valence-corrected chi connectivity index (χ2v) is 5.80. The maximum Gasteiger partial charge on any atom is 0.274 e. The minimum atomic E-state index is -0.179. The lowest BCUT2D eigenvalue weighted by Crippen LogP contribution is -2.17. The Labute approximate surface area is 138 Å². The number of hydrogen-bond donors (Lipinski definition) is 2. The lowest BCUT2D eigenvalue weighted by Gasteiger charge is -2.15. The number of hydrogen-bond acceptors (Lipinski definition) is 3. The molecule has 0 aliphatic rings. The number of pyridine rings is 1. The van der Waals surface area contributed by atoms with Crippen molar-refractivity contribution in [2.45, 2.75) is 46.6 Å². The fourth-order valence-corrected chi connectivity index (χ4v) is 2.41. The van der Waals surface area contributed by atoms with Crippen LogP contribution in [0.4, 0.5) is 11.4 Å². The average molecular weight is 311 g/mol. The Morgan fingerprint density at radius 3 is 2.74 bits per heavy atom. The molecule has 0 saturated heterocycles. The molecule has 0 spiro atoms. The topological polar surface area (TPSA) is 54.0 Å². The van der Waals surface area contributed by atoms with E-state index in [0.717, 1.165) is 35.3 Å². The van der Waals surface area contributed by atoms with Gasteiger partial charge in [0.25, 0.3) is 5.91 Å².